The van der Waals surface area contributed by atoms with Gasteiger partial charge in [-0.05, 0) is 25.2 Å². The van der Waals surface area contributed by atoms with Crippen LogP contribution in [0.4, 0.5) is 0 Å². The van der Waals surface area contributed by atoms with Gasteiger partial charge in [-0.3, -0.25) is 10.1 Å². The molecule has 1 aromatic carbocycles. The summed E-state index contributed by atoms with van der Waals surface area (Å²) in [7, 11) is 0. The number of amides is 1. The van der Waals surface area contributed by atoms with E-state index in [1.54, 1.807) is 19.1 Å². The number of aromatic nitrogens is 1. The molecular formula is C16H16ClN3O3S. The number of rotatable bonds is 2. The largest absolute Gasteiger partial charge is 0.378 e. The molecule has 126 valence electrons. The van der Waals surface area contributed by atoms with Crippen molar-refractivity contribution in [1.82, 2.24) is 15.4 Å². The van der Waals surface area contributed by atoms with Crippen LogP contribution in [0.5, 0.6) is 0 Å². The summed E-state index contributed by atoms with van der Waals surface area (Å²) in [5.41, 5.74) is 1.37. The van der Waals surface area contributed by atoms with E-state index in [1.807, 2.05) is 17.0 Å². The third-order valence-electron chi connectivity index (χ3n) is 3.74. The molecular weight excluding hydrogens is 350 g/mol. The molecule has 0 atom stereocenters. The van der Waals surface area contributed by atoms with Gasteiger partial charge in [0.1, 0.15) is 17.0 Å². The van der Waals surface area contributed by atoms with Gasteiger partial charge in [0.15, 0.2) is 5.11 Å². The van der Waals surface area contributed by atoms with Crippen molar-refractivity contribution < 1.29 is 14.1 Å². The summed E-state index contributed by atoms with van der Waals surface area (Å²) in [6.07, 6.45) is 0. The van der Waals surface area contributed by atoms with Crippen molar-refractivity contribution in [2.45, 2.75) is 6.92 Å². The van der Waals surface area contributed by atoms with Gasteiger partial charge < -0.3 is 14.2 Å². The van der Waals surface area contributed by atoms with Crippen LogP contribution in [0.3, 0.4) is 0 Å². The van der Waals surface area contributed by atoms with Crippen LogP contribution < -0.4 is 5.32 Å². The third kappa shape index (κ3) is 3.43. The maximum atomic E-state index is 12.7. The van der Waals surface area contributed by atoms with Crippen LogP contribution in [-0.2, 0) is 4.74 Å². The monoisotopic (exact) mass is 365 g/mol. The number of halogens is 1. The van der Waals surface area contributed by atoms with Crippen molar-refractivity contribution in [2.75, 3.05) is 26.3 Å². The average Bonchev–Trinajstić information content (AvgIpc) is 2.97. The first-order valence-electron chi connectivity index (χ1n) is 7.47. The Balaban J connectivity index is 1.84. The molecule has 6 nitrogen and oxygen atoms in total. The number of benzene rings is 1. The Labute approximate surface area is 149 Å². The Morgan fingerprint density at radius 3 is 2.75 bits per heavy atom. The average molecular weight is 366 g/mol. The standard InChI is InChI=1S/C16H16ClN3O3S/c1-10-13(14(19-23-10)11-4-2-3-5-12(11)17)15(21)18-16(24)20-6-8-22-9-7-20/h2-5H,6-9H2,1H3,(H,18,21,24). The van der Waals surface area contributed by atoms with Crippen LogP contribution >= 0.6 is 23.8 Å². The minimum atomic E-state index is -0.361. The van der Waals surface area contributed by atoms with Crippen molar-refractivity contribution in [3.8, 4) is 11.3 Å². The number of hydrogen-bond acceptors (Lipinski definition) is 5. The summed E-state index contributed by atoms with van der Waals surface area (Å²) in [4.78, 5) is 14.6. The summed E-state index contributed by atoms with van der Waals surface area (Å²) in [6.45, 7) is 4.17. The fraction of sp³-hybridized carbons (Fsp3) is 0.312. The van der Waals surface area contributed by atoms with Gasteiger partial charge in [-0.25, -0.2) is 0 Å². The molecule has 1 fully saturated rings. The number of nitrogens with one attached hydrogen (secondary N) is 1. The van der Waals surface area contributed by atoms with E-state index in [1.165, 1.54) is 0 Å². The number of ether oxygens (including phenoxy) is 1. The van der Waals surface area contributed by atoms with Crippen molar-refractivity contribution >= 4 is 34.8 Å². The molecule has 0 saturated carbocycles. The molecule has 1 aliphatic rings. The van der Waals surface area contributed by atoms with Gasteiger partial charge in [0.05, 0.1) is 18.2 Å². The van der Waals surface area contributed by atoms with Gasteiger partial charge in [0.2, 0.25) is 0 Å². The molecule has 0 bridgehead atoms. The number of aryl methyl sites for hydroxylation is 1. The molecule has 2 aromatic rings. The molecule has 1 aromatic heterocycles. The van der Waals surface area contributed by atoms with E-state index in [2.05, 4.69) is 10.5 Å². The van der Waals surface area contributed by atoms with Crippen LogP contribution in [0.15, 0.2) is 28.8 Å². The molecule has 3 rings (SSSR count). The molecule has 8 heteroatoms. The molecule has 0 radical (unpaired) electrons. The highest BCUT2D eigenvalue weighted by molar-refractivity contribution is 7.80. The van der Waals surface area contributed by atoms with Gasteiger partial charge in [-0.1, -0.05) is 35.0 Å². The van der Waals surface area contributed by atoms with Crippen molar-refractivity contribution in [3.63, 3.8) is 0 Å². The van der Waals surface area contributed by atoms with Gasteiger partial charge in [0, 0.05) is 18.7 Å². The Hall–Kier alpha value is -1.96. The topological polar surface area (TPSA) is 67.6 Å². The predicted molar refractivity (Wildman–Crippen MR) is 94.1 cm³/mol. The number of morpholine rings is 1. The zero-order chi connectivity index (χ0) is 17.1. The Kier molecular flexibility index (Phi) is 5.13. The van der Waals surface area contributed by atoms with Crippen molar-refractivity contribution in [2.24, 2.45) is 0 Å². The van der Waals surface area contributed by atoms with Crippen LogP contribution in [0.2, 0.25) is 5.02 Å². The first kappa shape index (κ1) is 16.9. The Morgan fingerprint density at radius 2 is 2.04 bits per heavy atom. The molecule has 0 spiro atoms. The van der Waals surface area contributed by atoms with Crippen molar-refractivity contribution in [1.29, 1.82) is 0 Å². The lowest BCUT2D eigenvalue weighted by molar-refractivity contribution is 0.0669. The maximum absolute atomic E-state index is 12.7. The van der Waals surface area contributed by atoms with Crippen LogP contribution in [0, 0.1) is 6.92 Å². The second-order valence-corrected chi connectivity index (χ2v) is 6.09. The summed E-state index contributed by atoms with van der Waals surface area (Å²) >= 11 is 11.5. The van der Waals surface area contributed by atoms with E-state index in [0.717, 1.165) is 0 Å². The fourth-order valence-corrected chi connectivity index (χ4v) is 2.98. The zero-order valence-electron chi connectivity index (χ0n) is 13.0. The summed E-state index contributed by atoms with van der Waals surface area (Å²) in [5.74, 6) is 0.0485. The summed E-state index contributed by atoms with van der Waals surface area (Å²) in [6, 6.07) is 7.16. The quantitative estimate of drug-likeness (QED) is 0.825. The molecule has 1 aliphatic heterocycles. The minimum Gasteiger partial charge on any atom is -0.378 e. The van der Waals surface area contributed by atoms with Crippen LogP contribution in [0.1, 0.15) is 16.1 Å². The summed E-state index contributed by atoms with van der Waals surface area (Å²) in [5, 5.41) is 7.60. The third-order valence-corrected chi connectivity index (χ3v) is 4.43. The molecule has 1 amide bonds. The van der Waals surface area contributed by atoms with E-state index in [9.17, 15) is 4.79 Å². The molecule has 24 heavy (non-hydrogen) atoms. The highest BCUT2D eigenvalue weighted by atomic mass is 35.5. The van der Waals surface area contributed by atoms with E-state index in [0.29, 0.717) is 59.0 Å². The van der Waals surface area contributed by atoms with Gasteiger partial charge in [0.25, 0.3) is 5.91 Å². The Morgan fingerprint density at radius 1 is 1.33 bits per heavy atom. The van der Waals surface area contributed by atoms with E-state index in [4.69, 9.17) is 33.1 Å². The second kappa shape index (κ2) is 7.29. The lowest BCUT2D eigenvalue weighted by Crippen LogP contribution is -2.47. The summed E-state index contributed by atoms with van der Waals surface area (Å²) < 4.78 is 10.5. The number of carbonyl (C=O) groups excluding carboxylic acids is 1. The lowest BCUT2D eigenvalue weighted by atomic mass is 10.1. The van der Waals surface area contributed by atoms with E-state index < -0.39 is 0 Å². The fourth-order valence-electron chi connectivity index (χ4n) is 2.48. The SMILES string of the molecule is Cc1onc(-c2ccccc2Cl)c1C(=O)NC(=S)N1CCOCC1. The number of carbonyl (C=O) groups is 1. The molecule has 1 N–H and O–H groups in total. The van der Waals surface area contributed by atoms with Crippen LogP contribution in [-0.4, -0.2) is 47.4 Å². The number of nitrogens with zero attached hydrogens (tertiary/aromatic N) is 2. The molecule has 0 unspecified atom stereocenters. The number of hydrogen-bond donors (Lipinski definition) is 1. The van der Waals surface area contributed by atoms with Gasteiger partial charge in [-0.2, -0.15) is 0 Å². The molecule has 2 heterocycles. The first-order chi connectivity index (χ1) is 11.6. The van der Waals surface area contributed by atoms with Crippen LogP contribution in [0.25, 0.3) is 11.3 Å². The predicted octanol–water partition coefficient (Wildman–Crippen LogP) is 2.65. The van der Waals surface area contributed by atoms with E-state index >= 15 is 0 Å². The first-order valence-corrected chi connectivity index (χ1v) is 8.25. The second-order valence-electron chi connectivity index (χ2n) is 5.30. The molecule has 0 aliphatic carbocycles. The normalized spacial score (nSPS) is 14.5. The lowest BCUT2D eigenvalue weighted by Gasteiger charge is -2.28. The zero-order valence-corrected chi connectivity index (χ0v) is 14.6. The number of thiocarbonyl (C=S) groups is 1. The molecule has 1 saturated heterocycles. The minimum absolute atomic E-state index is 0.332. The highest BCUT2D eigenvalue weighted by Crippen LogP contribution is 2.30. The van der Waals surface area contributed by atoms with Gasteiger partial charge in [-0.15, -0.1) is 0 Å². The smallest absolute Gasteiger partial charge is 0.263 e. The Bertz CT molecular complexity index is 772. The highest BCUT2D eigenvalue weighted by Gasteiger charge is 2.25. The van der Waals surface area contributed by atoms with Gasteiger partial charge >= 0.3 is 0 Å². The maximum Gasteiger partial charge on any atom is 0.263 e. The van der Waals surface area contributed by atoms with E-state index in [-0.39, 0.29) is 5.91 Å². The van der Waals surface area contributed by atoms with Crippen molar-refractivity contribution in [3.05, 3.63) is 40.6 Å².